The fourth-order valence-corrected chi connectivity index (χ4v) is 1.46. The Morgan fingerprint density at radius 3 is 2.67 bits per heavy atom. The van der Waals surface area contributed by atoms with Crippen LogP contribution in [0.3, 0.4) is 0 Å². The number of benzene rings is 1. The Labute approximate surface area is 87.4 Å². The van der Waals surface area contributed by atoms with E-state index in [0.717, 1.165) is 0 Å². The number of aliphatic hydroxyl groups is 1. The first-order valence-electron chi connectivity index (χ1n) is 4.83. The molecule has 4 heteroatoms. The predicted octanol–water partition coefficient (Wildman–Crippen LogP) is 1.63. The van der Waals surface area contributed by atoms with Crippen LogP contribution in [0.5, 0.6) is 11.5 Å². The van der Waals surface area contributed by atoms with Gasteiger partial charge in [-0.05, 0) is 24.6 Å². The Kier molecular flexibility index (Phi) is 2.52. The highest BCUT2D eigenvalue weighted by atomic mass is 19.1. The van der Waals surface area contributed by atoms with Gasteiger partial charge in [-0.3, -0.25) is 0 Å². The first kappa shape index (κ1) is 10.2. The van der Waals surface area contributed by atoms with Crippen molar-refractivity contribution in [3.8, 4) is 11.5 Å². The fraction of sp³-hybridized carbons (Fsp3) is 0.455. The molecule has 2 rings (SSSR count). The molecule has 15 heavy (non-hydrogen) atoms. The molecule has 82 valence electrons. The third-order valence-electron chi connectivity index (χ3n) is 2.44. The first-order valence-corrected chi connectivity index (χ1v) is 4.83. The van der Waals surface area contributed by atoms with Gasteiger partial charge in [-0.15, -0.1) is 0 Å². The quantitative estimate of drug-likeness (QED) is 0.809. The van der Waals surface area contributed by atoms with Crippen molar-refractivity contribution < 1.29 is 19.0 Å². The number of aliphatic hydroxyl groups excluding tert-OH is 1. The number of hydrogen-bond donors (Lipinski definition) is 1. The zero-order valence-corrected chi connectivity index (χ0v) is 8.50. The number of ether oxygens (including phenoxy) is 2. The first-order chi connectivity index (χ1) is 7.13. The summed E-state index contributed by atoms with van der Waals surface area (Å²) in [5, 5.41) is 8.90. The molecule has 1 N–H and O–H groups in total. The van der Waals surface area contributed by atoms with E-state index in [1.807, 2.05) is 0 Å². The monoisotopic (exact) mass is 212 g/mol. The molecule has 1 aromatic rings. The second-order valence-corrected chi connectivity index (χ2v) is 3.71. The zero-order chi connectivity index (χ0) is 10.9. The zero-order valence-electron chi connectivity index (χ0n) is 8.50. The van der Waals surface area contributed by atoms with Gasteiger partial charge in [0.05, 0.1) is 6.61 Å². The number of fused-ring (bicyclic) bond motifs is 1. The third-order valence-corrected chi connectivity index (χ3v) is 2.44. The van der Waals surface area contributed by atoms with Crippen molar-refractivity contribution in [2.45, 2.75) is 12.6 Å². The number of hydrogen-bond acceptors (Lipinski definition) is 3. The molecule has 3 nitrogen and oxygen atoms in total. The van der Waals surface area contributed by atoms with E-state index in [-0.39, 0.29) is 0 Å². The minimum Gasteiger partial charge on any atom is -0.486 e. The van der Waals surface area contributed by atoms with Crippen molar-refractivity contribution >= 4 is 0 Å². The number of halogens is 1. The van der Waals surface area contributed by atoms with Gasteiger partial charge in [0.2, 0.25) is 0 Å². The molecule has 1 aliphatic rings. The molecule has 0 saturated carbocycles. The van der Waals surface area contributed by atoms with Crippen molar-refractivity contribution in [1.29, 1.82) is 0 Å². The highest BCUT2D eigenvalue weighted by molar-refractivity contribution is 5.45. The van der Waals surface area contributed by atoms with E-state index in [1.54, 1.807) is 18.2 Å². The topological polar surface area (TPSA) is 38.7 Å². The summed E-state index contributed by atoms with van der Waals surface area (Å²) in [6.45, 7) is 1.77. The standard InChI is InChI=1S/C11H13FO3/c1-11(12,7-13)8-2-3-9-10(6-8)15-5-4-14-9/h2-3,6,13H,4-5,7H2,1H3. The van der Waals surface area contributed by atoms with Gasteiger partial charge in [0.25, 0.3) is 0 Å². The molecule has 0 bridgehead atoms. The molecule has 0 amide bonds. The lowest BCUT2D eigenvalue weighted by molar-refractivity contribution is 0.0859. The van der Waals surface area contributed by atoms with Gasteiger partial charge in [0.15, 0.2) is 17.2 Å². The third kappa shape index (κ3) is 1.90. The molecular formula is C11H13FO3. The van der Waals surface area contributed by atoms with E-state index in [0.29, 0.717) is 30.3 Å². The predicted molar refractivity (Wildman–Crippen MR) is 53.0 cm³/mol. The van der Waals surface area contributed by atoms with Gasteiger partial charge >= 0.3 is 0 Å². The second-order valence-electron chi connectivity index (χ2n) is 3.71. The van der Waals surface area contributed by atoms with Gasteiger partial charge in [-0.25, -0.2) is 4.39 Å². The Balaban J connectivity index is 2.36. The summed E-state index contributed by atoms with van der Waals surface area (Å²) in [6.07, 6.45) is 0. The summed E-state index contributed by atoms with van der Waals surface area (Å²) in [5.74, 6) is 1.16. The Hall–Kier alpha value is -1.29. The van der Waals surface area contributed by atoms with Gasteiger partial charge in [0, 0.05) is 0 Å². The van der Waals surface area contributed by atoms with Crippen LogP contribution in [0.15, 0.2) is 18.2 Å². The molecule has 0 radical (unpaired) electrons. The molecule has 1 aromatic carbocycles. The van der Waals surface area contributed by atoms with Crippen molar-refractivity contribution in [1.82, 2.24) is 0 Å². The maximum absolute atomic E-state index is 13.8. The van der Waals surface area contributed by atoms with Crippen LogP contribution in [-0.2, 0) is 5.67 Å². The van der Waals surface area contributed by atoms with Crippen LogP contribution in [0.1, 0.15) is 12.5 Å². The van der Waals surface area contributed by atoms with Crippen molar-refractivity contribution in [2.24, 2.45) is 0 Å². The number of rotatable bonds is 2. The smallest absolute Gasteiger partial charge is 0.161 e. The van der Waals surface area contributed by atoms with Gasteiger partial charge in [0.1, 0.15) is 13.2 Å². The SMILES string of the molecule is CC(F)(CO)c1ccc2c(c1)OCCO2. The summed E-state index contributed by atoms with van der Waals surface area (Å²) in [5.41, 5.74) is -1.34. The van der Waals surface area contributed by atoms with Crippen LogP contribution in [0.4, 0.5) is 4.39 Å². The lowest BCUT2D eigenvalue weighted by Crippen LogP contribution is -2.21. The molecule has 0 aromatic heterocycles. The minimum absolute atomic E-state index is 0.397. The molecule has 0 spiro atoms. The van der Waals surface area contributed by atoms with Crippen LogP contribution >= 0.6 is 0 Å². The van der Waals surface area contributed by atoms with Crippen molar-refractivity contribution in [2.75, 3.05) is 19.8 Å². The van der Waals surface area contributed by atoms with Crippen LogP contribution in [0.25, 0.3) is 0 Å². The molecule has 1 aliphatic heterocycles. The molecule has 1 unspecified atom stereocenters. The summed E-state index contributed by atoms with van der Waals surface area (Å²) in [7, 11) is 0. The molecule has 1 atom stereocenters. The van der Waals surface area contributed by atoms with Gasteiger partial charge in [-0.1, -0.05) is 6.07 Å². The molecule has 0 fully saturated rings. The van der Waals surface area contributed by atoms with E-state index < -0.39 is 12.3 Å². The molecule has 0 saturated heterocycles. The lowest BCUT2D eigenvalue weighted by Gasteiger charge is -2.22. The molecule has 1 heterocycles. The fourth-order valence-electron chi connectivity index (χ4n) is 1.46. The Morgan fingerprint density at radius 1 is 1.33 bits per heavy atom. The highest BCUT2D eigenvalue weighted by Gasteiger charge is 2.26. The minimum atomic E-state index is -1.74. The Bertz CT molecular complexity index is 363. The number of alkyl halides is 1. The van der Waals surface area contributed by atoms with Crippen molar-refractivity contribution in [3.05, 3.63) is 23.8 Å². The summed E-state index contributed by atoms with van der Waals surface area (Å²) >= 11 is 0. The molecular weight excluding hydrogens is 199 g/mol. The molecule has 0 aliphatic carbocycles. The van der Waals surface area contributed by atoms with Gasteiger partial charge < -0.3 is 14.6 Å². The van der Waals surface area contributed by atoms with E-state index in [4.69, 9.17) is 14.6 Å². The second kappa shape index (κ2) is 3.70. The average molecular weight is 212 g/mol. The summed E-state index contributed by atoms with van der Waals surface area (Å²) < 4.78 is 24.4. The van der Waals surface area contributed by atoms with Gasteiger partial charge in [-0.2, -0.15) is 0 Å². The van der Waals surface area contributed by atoms with Crippen LogP contribution in [0.2, 0.25) is 0 Å². The Morgan fingerprint density at radius 2 is 2.00 bits per heavy atom. The maximum Gasteiger partial charge on any atom is 0.161 e. The van der Waals surface area contributed by atoms with Crippen LogP contribution in [0, 0.1) is 0 Å². The van der Waals surface area contributed by atoms with Crippen LogP contribution < -0.4 is 9.47 Å². The van der Waals surface area contributed by atoms with Crippen LogP contribution in [-0.4, -0.2) is 24.9 Å². The summed E-state index contributed by atoms with van der Waals surface area (Å²) in [4.78, 5) is 0. The normalized spacial score (nSPS) is 18.3. The average Bonchev–Trinajstić information content (AvgIpc) is 2.28. The highest BCUT2D eigenvalue weighted by Crippen LogP contribution is 2.35. The largest absolute Gasteiger partial charge is 0.486 e. The lowest BCUT2D eigenvalue weighted by atomic mass is 9.98. The van der Waals surface area contributed by atoms with E-state index in [9.17, 15) is 4.39 Å². The maximum atomic E-state index is 13.8. The summed E-state index contributed by atoms with van der Waals surface area (Å²) in [6, 6.07) is 4.84. The van der Waals surface area contributed by atoms with E-state index >= 15 is 0 Å². The van der Waals surface area contributed by atoms with E-state index in [1.165, 1.54) is 6.92 Å². The van der Waals surface area contributed by atoms with Crippen molar-refractivity contribution in [3.63, 3.8) is 0 Å². The van der Waals surface area contributed by atoms with E-state index in [2.05, 4.69) is 0 Å².